The fourth-order valence-electron chi connectivity index (χ4n) is 3.80. The lowest BCUT2D eigenvalue weighted by molar-refractivity contribution is 0.102. The van der Waals surface area contributed by atoms with Gasteiger partial charge in [0.2, 0.25) is 11.8 Å². The van der Waals surface area contributed by atoms with E-state index in [0.29, 0.717) is 17.3 Å². The third-order valence-corrected chi connectivity index (χ3v) is 5.56. The zero-order valence-electron chi connectivity index (χ0n) is 18.3. The second-order valence-corrected chi connectivity index (χ2v) is 7.96. The highest BCUT2D eigenvalue weighted by molar-refractivity contribution is 6.04. The maximum Gasteiger partial charge on any atom is 0.255 e. The van der Waals surface area contributed by atoms with Crippen LogP contribution in [0.15, 0.2) is 77.2 Å². The average molecular weight is 441 g/mol. The quantitative estimate of drug-likeness (QED) is 0.480. The van der Waals surface area contributed by atoms with E-state index in [1.54, 1.807) is 12.1 Å². The van der Waals surface area contributed by atoms with Gasteiger partial charge in [-0.25, -0.2) is 0 Å². The third-order valence-electron chi connectivity index (χ3n) is 5.56. The highest BCUT2D eigenvalue weighted by atomic mass is 16.5. The van der Waals surface area contributed by atoms with E-state index in [0.717, 1.165) is 54.4 Å². The first-order valence-electron chi connectivity index (χ1n) is 10.9. The van der Waals surface area contributed by atoms with Gasteiger partial charge < -0.3 is 19.4 Å². The standard InChI is InChI=1S/C26H24N4O3/c1-18-4-2-5-21(16-18)26-29-28-25(33-26)20-10-8-19(9-11-20)24(31)27-22-6-3-7-23(17-22)30-12-14-32-15-13-30/h2-11,16-17H,12-15H2,1H3,(H,27,31). The average Bonchev–Trinajstić information content (AvgIpc) is 3.35. The summed E-state index contributed by atoms with van der Waals surface area (Å²) in [5.41, 5.74) is 5.14. The van der Waals surface area contributed by atoms with Crippen molar-refractivity contribution in [3.8, 4) is 22.9 Å². The number of anilines is 2. The zero-order valence-corrected chi connectivity index (χ0v) is 18.3. The van der Waals surface area contributed by atoms with Gasteiger partial charge in [-0.05, 0) is 61.5 Å². The molecule has 3 aromatic carbocycles. The molecule has 7 heteroatoms. The Morgan fingerprint density at radius 2 is 1.61 bits per heavy atom. The van der Waals surface area contributed by atoms with Crippen molar-refractivity contribution in [2.75, 3.05) is 36.5 Å². The summed E-state index contributed by atoms with van der Waals surface area (Å²) in [6.45, 7) is 5.15. The molecule has 0 spiro atoms. The number of ether oxygens (including phenoxy) is 1. The van der Waals surface area contributed by atoms with Gasteiger partial charge in [-0.1, -0.05) is 23.8 Å². The van der Waals surface area contributed by atoms with Gasteiger partial charge in [-0.2, -0.15) is 0 Å². The molecule has 0 radical (unpaired) electrons. The molecule has 1 fully saturated rings. The van der Waals surface area contributed by atoms with E-state index in [9.17, 15) is 4.79 Å². The van der Waals surface area contributed by atoms with Crippen LogP contribution in [0.1, 0.15) is 15.9 Å². The Morgan fingerprint density at radius 1 is 0.879 bits per heavy atom. The van der Waals surface area contributed by atoms with Crippen molar-refractivity contribution in [1.82, 2.24) is 10.2 Å². The molecule has 1 aliphatic heterocycles. The van der Waals surface area contributed by atoms with Crippen LogP contribution in [0.3, 0.4) is 0 Å². The molecule has 7 nitrogen and oxygen atoms in total. The Morgan fingerprint density at radius 3 is 2.36 bits per heavy atom. The number of rotatable bonds is 5. The molecule has 1 N–H and O–H groups in total. The van der Waals surface area contributed by atoms with Crippen LogP contribution in [0.5, 0.6) is 0 Å². The number of carbonyl (C=O) groups excluding carboxylic acids is 1. The van der Waals surface area contributed by atoms with Crippen LogP contribution in [0.2, 0.25) is 0 Å². The molecule has 0 bridgehead atoms. The summed E-state index contributed by atoms with van der Waals surface area (Å²) in [6, 6.07) is 22.9. The zero-order chi connectivity index (χ0) is 22.6. The van der Waals surface area contributed by atoms with Crippen LogP contribution in [-0.2, 0) is 4.74 Å². The van der Waals surface area contributed by atoms with E-state index in [-0.39, 0.29) is 5.91 Å². The number of hydrogen-bond acceptors (Lipinski definition) is 6. The smallest absolute Gasteiger partial charge is 0.255 e. The van der Waals surface area contributed by atoms with Crippen molar-refractivity contribution < 1.29 is 13.9 Å². The fraction of sp³-hybridized carbons (Fsp3) is 0.192. The Hall–Kier alpha value is -3.97. The third kappa shape index (κ3) is 4.78. The number of aromatic nitrogens is 2. The van der Waals surface area contributed by atoms with Gasteiger partial charge in [-0.15, -0.1) is 10.2 Å². The molecule has 33 heavy (non-hydrogen) atoms. The Balaban J connectivity index is 1.28. The minimum atomic E-state index is -0.174. The van der Waals surface area contributed by atoms with Gasteiger partial charge in [0.15, 0.2) is 0 Å². The normalized spacial score (nSPS) is 13.7. The predicted octanol–water partition coefficient (Wildman–Crippen LogP) is 4.80. The minimum Gasteiger partial charge on any atom is -0.416 e. The van der Waals surface area contributed by atoms with Crippen LogP contribution in [0, 0.1) is 6.92 Å². The molecular weight excluding hydrogens is 416 g/mol. The van der Waals surface area contributed by atoms with Crippen LogP contribution in [-0.4, -0.2) is 42.4 Å². The van der Waals surface area contributed by atoms with E-state index in [2.05, 4.69) is 20.4 Å². The van der Waals surface area contributed by atoms with Crippen molar-refractivity contribution in [2.24, 2.45) is 0 Å². The van der Waals surface area contributed by atoms with E-state index in [1.165, 1.54) is 0 Å². The lowest BCUT2D eigenvalue weighted by Crippen LogP contribution is -2.36. The molecule has 1 aliphatic rings. The Bertz CT molecular complexity index is 1260. The van der Waals surface area contributed by atoms with Gasteiger partial charge in [0.05, 0.1) is 13.2 Å². The number of nitrogens with one attached hydrogen (secondary N) is 1. The summed E-state index contributed by atoms with van der Waals surface area (Å²) >= 11 is 0. The van der Waals surface area contributed by atoms with E-state index in [1.807, 2.05) is 67.6 Å². The molecule has 1 amide bonds. The summed E-state index contributed by atoms with van der Waals surface area (Å²) in [6.07, 6.45) is 0. The van der Waals surface area contributed by atoms with E-state index < -0.39 is 0 Å². The Kier molecular flexibility index (Phi) is 5.87. The molecule has 1 aromatic heterocycles. The van der Waals surface area contributed by atoms with Crippen molar-refractivity contribution in [1.29, 1.82) is 0 Å². The number of carbonyl (C=O) groups is 1. The maximum atomic E-state index is 12.8. The number of morpholine rings is 1. The number of nitrogens with zero attached hydrogens (tertiary/aromatic N) is 3. The highest BCUT2D eigenvalue weighted by Crippen LogP contribution is 2.25. The van der Waals surface area contributed by atoms with Crippen LogP contribution < -0.4 is 10.2 Å². The topological polar surface area (TPSA) is 80.5 Å². The maximum absolute atomic E-state index is 12.8. The predicted molar refractivity (Wildman–Crippen MR) is 127 cm³/mol. The summed E-state index contributed by atoms with van der Waals surface area (Å²) in [4.78, 5) is 15.0. The highest BCUT2D eigenvalue weighted by Gasteiger charge is 2.14. The molecule has 0 aliphatic carbocycles. The van der Waals surface area contributed by atoms with Crippen molar-refractivity contribution in [3.05, 3.63) is 83.9 Å². The molecule has 0 saturated carbocycles. The van der Waals surface area contributed by atoms with Gasteiger partial charge in [0.1, 0.15) is 0 Å². The summed E-state index contributed by atoms with van der Waals surface area (Å²) in [7, 11) is 0. The van der Waals surface area contributed by atoms with Gasteiger partial charge in [0.25, 0.3) is 5.91 Å². The summed E-state index contributed by atoms with van der Waals surface area (Å²) in [5.74, 6) is 0.707. The largest absolute Gasteiger partial charge is 0.416 e. The monoisotopic (exact) mass is 440 g/mol. The molecule has 166 valence electrons. The lowest BCUT2D eigenvalue weighted by Gasteiger charge is -2.29. The SMILES string of the molecule is Cc1cccc(-c2nnc(-c3ccc(C(=O)Nc4cccc(N5CCOCC5)c4)cc3)o2)c1. The lowest BCUT2D eigenvalue weighted by atomic mass is 10.1. The number of amides is 1. The number of benzene rings is 3. The molecule has 4 aromatic rings. The molecule has 0 unspecified atom stereocenters. The first-order valence-corrected chi connectivity index (χ1v) is 10.9. The van der Waals surface area contributed by atoms with Crippen molar-refractivity contribution >= 4 is 17.3 Å². The van der Waals surface area contributed by atoms with Gasteiger partial charge in [0, 0.05) is 41.2 Å². The van der Waals surface area contributed by atoms with Crippen LogP contribution >= 0.6 is 0 Å². The molecule has 1 saturated heterocycles. The molecular formula is C26H24N4O3. The first kappa shape index (κ1) is 20.9. The van der Waals surface area contributed by atoms with Crippen molar-refractivity contribution in [2.45, 2.75) is 6.92 Å². The van der Waals surface area contributed by atoms with Gasteiger partial charge >= 0.3 is 0 Å². The summed E-state index contributed by atoms with van der Waals surface area (Å²) in [5, 5.41) is 11.3. The molecule has 0 atom stereocenters. The van der Waals surface area contributed by atoms with Crippen molar-refractivity contribution in [3.63, 3.8) is 0 Å². The fourth-order valence-corrected chi connectivity index (χ4v) is 3.80. The Labute approximate surface area is 192 Å². The molecule has 5 rings (SSSR count). The minimum absolute atomic E-state index is 0.174. The summed E-state index contributed by atoms with van der Waals surface area (Å²) < 4.78 is 11.3. The van der Waals surface area contributed by atoms with Crippen LogP contribution in [0.4, 0.5) is 11.4 Å². The second-order valence-electron chi connectivity index (χ2n) is 7.96. The van der Waals surface area contributed by atoms with E-state index in [4.69, 9.17) is 9.15 Å². The number of aryl methyl sites for hydroxylation is 1. The molecule has 2 heterocycles. The number of hydrogen-bond donors (Lipinski definition) is 1. The second kappa shape index (κ2) is 9.26. The van der Waals surface area contributed by atoms with Gasteiger partial charge in [-0.3, -0.25) is 4.79 Å². The van der Waals surface area contributed by atoms with E-state index >= 15 is 0 Å². The first-order chi connectivity index (χ1) is 16.2. The van der Waals surface area contributed by atoms with Crippen LogP contribution in [0.25, 0.3) is 22.9 Å².